The quantitative estimate of drug-likeness (QED) is 0.589. The molecule has 0 aromatic rings. The Morgan fingerprint density at radius 2 is 1.77 bits per heavy atom. The van der Waals surface area contributed by atoms with Crippen LogP contribution in [0.4, 0.5) is 8.78 Å². The van der Waals surface area contributed by atoms with Gasteiger partial charge in [-0.05, 0) is 49.5 Å². The van der Waals surface area contributed by atoms with Gasteiger partial charge in [-0.3, -0.25) is 0 Å². The Morgan fingerprint density at radius 1 is 1.09 bits per heavy atom. The highest BCUT2D eigenvalue weighted by Crippen LogP contribution is 2.38. The molecule has 1 aliphatic carbocycles. The van der Waals surface area contributed by atoms with E-state index >= 15 is 0 Å². The van der Waals surface area contributed by atoms with Crippen molar-refractivity contribution < 1.29 is 8.78 Å². The van der Waals surface area contributed by atoms with Crippen LogP contribution in [0, 0.1) is 23.7 Å². The van der Waals surface area contributed by atoms with Crippen LogP contribution in [0.1, 0.15) is 73.1 Å². The molecule has 0 amide bonds. The van der Waals surface area contributed by atoms with E-state index in [0.717, 1.165) is 6.54 Å². The van der Waals surface area contributed by atoms with Crippen molar-refractivity contribution in [1.29, 1.82) is 0 Å². The van der Waals surface area contributed by atoms with Crippen LogP contribution in [0.15, 0.2) is 0 Å². The fourth-order valence-electron chi connectivity index (χ4n) is 4.28. The fraction of sp³-hybridized carbons (Fsp3) is 1.00. The number of nitrogens with one attached hydrogen (secondary N) is 1. The highest BCUT2D eigenvalue weighted by molar-refractivity contribution is 4.91. The molecule has 22 heavy (non-hydrogen) atoms. The molecule has 1 saturated carbocycles. The molecule has 0 aromatic carbocycles. The first-order valence-corrected chi connectivity index (χ1v) is 9.43. The third-order valence-corrected chi connectivity index (χ3v) is 5.65. The van der Waals surface area contributed by atoms with Gasteiger partial charge in [-0.1, -0.05) is 47.5 Å². The maximum atomic E-state index is 14.4. The van der Waals surface area contributed by atoms with Gasteiger partial charge in [0.2, 0.25) is 0 Å². The van der Waals surface area contributed by atoms with Gasteiger partial charge in [0, 0.05) is 12.5 Å². The molecule has 1 aliphatic rings. The van der Waals surface area contributed by atoms with Crippen LogP contribution in [0.5, 0.6) is 0 Å². The topological polar surface area (TPSA) is 12.0 Å². The number of halogens is 2. The normalized spacial score (nSPS) is 30.3. The lowest BCUT2D eigenvalue weighted by Gasteiger charge is -2.41. The number of hydrogen-bond acceptors (Lipinski definition) is 1. The van der Waals surface area contributed by atoms with Crippen LogP contribution in [0.25, 0.3) is 0 Å². The van der Waals surface area contributed by atoms with Gasteiger partial charge < -0.3 is 5.32 Å². The van der Waals surface area contributed by atoms with Gasteiger partial charge in [-0.2, -0.15) is 0 Å². The molecular weight excluding hydrogens is 280 g/mol. The van der Waals surface area contributed by atoms with Crippen LogP contribution in [-0.4, -0.2) is 24.9 Å². The van der Waals surface area contributed by atoms with Crippen molar-refractivity contribution in [2.24, 2.45) is 23.7 Å². The molecule has 6 atom stereocenters. The summed E-state index contributed by atoms with van der Waals surface area (Å²) in [6, 6.07) is 0.343. The minimum atomic E-state index is -0.973. The number of alkyl halides is 2. The van der Waals surface area contributed by atoms with Gasteiger partial charge in [-0.15, -0.1) is 0 Å². The molecule has 3 heteroatoms. The van der Waals surface area contributed by atoms with Crippen molar-refractivity contribution in [3.05, 3.63) is 0 Å². The highest BCUT2D eigenvalue weighted by atomic mass is 19.1. The van der Waals surface area contributed by atoms with Crippen molar-refractivity contribution in [2.45, 2.75) is 91.5 Å². The van der Waals surface area contributed by atoms with Crippen LogP contribution in [-0.2, 0) is 0 Å². The number of rotatable bonds is 9. The monoisotopic (exact) mass is 317 g/mol. The minimum Gasteiger partial charge on any atom is -0.314 e. The lowest BCUT2D eigenvalue weighted by atomic mass is 9.70. The predicted octanol–water partition coefficient (Wildman–Crippen LogP) is 5.54. The highest BCUT2D eigenvalue weighted by Gasteiger charge is 2.39. The van der Waals surface area contributed by atoms with E-state index in [2.05, 4.69) is 39.9 Å². The van der Waals surface area contributed by atoms with Gasteiger partial charge in [-0.25, -0.2) is 8.78 Å². The summed E-state index contributed by atoms with van der Waals surface area (Å²) in [5.74, 6) is 1.45. The smallest absolute Gasteiger partial charge is 0.106 e. The molecule has 132 valence electrons. The van der Waals surface area contributed by atoms with Crippen molar-refractivity contribution >= 4 is 0 Å². The third-order valence-electron chi connectivity index (χ3n) is 5.65. The Balaban J connectivity index is 2.81. The summed E-state index contributed by atoms with van der Waals surface area (Å²) >= 11 is 0. The zero-order valence-corrected chi connectivity index (χ0v) is 15.2. The van der Waals surface area contributed by atoms with E-state index in [1.54, 1.807) is 0 Å². The summed E-state index contributed by atoms with van der Waals surface area (Å²) in [6.45, 7) is 12.0. The summed E-state index contributed by atoms with van der Waals surface area (Å²) in [5, 5.41) is 3.64. The molecule has 6 unspecified atom stereocenters. The zero-order chi connectivity index (χ0) is 16.7. The molecular formula is C19H37F2N. The van der Waals surface area contributed by atoms with E-state index in [9.17, 15) is 8.78 Å². The third kappa shape index (κ3) is 5.47. The molecule has 1 nitrogen and oxygen atoms in total. The Kier molecular flexibility index (Phi) is 8.89. The lowest BCUT2D eigenvalue weighted by molar-refractivity contribution is 0.0429. The molecule has 0 aromatic heterocycles. The molecule has 1 fully saturated rings. The fourth-order valence-corrected chi connectivity index (χ4v) is 4.28. The number of unbranched alkanes of at least 4 members (excludes halogenated alkanes) is 1. The molecule has 0 aliphatic heterocycles. The molecule has 0 heterocycles. The van der Waals surface area contributed by atoms with Gasteiger partial charge >= 0.3 is 0 Å². The molecule has 0 radical (unpaired) electrons. The molecule has 1 rings (SSSR count). The second-order valence-electron chi connectivity index (χ2n) is 7.58. The maximum Gasteiger partial charge on any atom is 0.106 e. The summed E-state index contributed by atoms with van der Waals surface area (Å²) in [6.07, 6.45) is 3.07. The van der Waals surface area contributed by atoms with Crippen molar-refractivity contribution in [1.82, 2.24) is 5.32 Å². The molecule has 0 bridgehead atoms. The maximum absolute atomic E-state index is 14.4. The first kappa shape index (κ1) is 19.9. The van der Waals surface area contributed by atoms with Crippen molar-refractivity contribution in [2.75, 3.05) is 6.54 Å². The predicted molar refractivity (Wildman–Crippen MR) is 91.6 cm³/mol. The summed E-state index contributed by atoms with van der Waals surface area (Å²) in [5.41, 5.74) is 0. The summed E-state index contributed by atoms with van der Waals surface area (Å²) in [4.78, 5) is 0. The first-order valence-electron chi connectivity index (χ1n) is 9.43. The van der Waals surface area contributed by atoms with E-state index in [4.69, 9.17) is 0 Å². The second kappa shape index (κ2) is 9.85. The minimum absolute atomic E-state index is 0.0129. The lowest BCUT2D eigenvalue weighted by Crippen LogP contribution is -2.48. The van der Waals surface area contributed by atoms with E-state index in [0.29, 0.717) is 30.7 Å². The molecule has 1 N–H and O–H groups in total. The van der Waals surface area contributed by atoms with Gasteiger partial charge in [0.1, 0.15) is 12.3 Å². The first-order chi connectivity index (χ1) is 10.4. The molecule has 0 spiro atoms. The van der Waals surface area contributed by atoms with Gasteiger partial charge in [0.05, 0.1) is 0 Å². The Bertz CT molecular complexity index is 295. The van der Waals surface area contributed by atoms with Crippen molar-refractivity contribution in [3.8, 4) is 0 Å². The Labute approximate surface area is 136 Å². The summed E-state index contributed by atoms with van der Waals surface area (Å²) < 4.78 is 27.8. The standard InChI is InChI=1S/C19H37F2N/c1-6-8-9-16(13(3)4)19(22-7-2)14(5)17-11-10-15(20)12-18(17)21/h13-19,22H,6-12H2,1-5H3. The van der Waals surface area contributed by atoms with Crippen LogP contribution in [0.2, 0.25) is 0 Å². The van der Waals surface area contributed by atoms with Crippen LogP contribution in [0.3, 0.4) is 0 Å². The second-order valence-corrected chi connectivity index (χ2v) is 7.58. The van der Waals surface area contributed by atoms with E-state index in [-0.39, 0.29) is 18.3 Å². The Hall–Kier alpha value is -0.180. The van der Waals surface area contributed by atoms with Crippen molar-refractivity contribution in [3.63, 3.8) is 0 Å². The molecule has 0 saturated heterocycles. The average Bonchev–Trinajstić information content (AvgIpc) is 2.45. The van der Waals surface area contributed by atoms with Crippen LogP contribution >= 0.6 is 0 Å². The van der Waals surface area contributed by atoms with Gasteiger partial charge in [0.25, 0.3) is 0 Å². The van der Waals surface area contributed by atoms with Gasteiger partial charge in [0.15, 0.2) is 0 Å². The average molecular weight is 318 g/mol. The largest absolute Gasteiger partial charge is 0.314 e. The SMILES string of the molecule is CCCCC(C(C)C)C(NCC)C(C)C1CCC(F)CC1F. The van der Waals surface area contributed by atoms with E-state index in [1.165, 1.54) is 19.3 Å². The number of hydrogen-bond donors (Lipinski definition) is 1. The van der Waals surface area contributed by atoms with E-state index in [1.807, 2.05) is 0 Å². The van der Waals surface area contributed by atoms with Crippen LogP contribution < -0.4 is 5.32 Å². The zero-order valence-electron chi connectivity index (χ0n) is 15.2. The van der Waals surface area contributed by atoms with E-state index < -0.39 is 12.3 Å². The summed E-state index contributed by atoms with van der Waals surface area (Å²) in [7, 11) is 0. The Morgan fingerprint density at radius 3 is 2.27 bits per heavy atom.